The summed E-state index contributed by atoms with van der Waals surface area (Å²) in [6.07, 6.45) is 3.64. The van der Waals surface area contributed by atoms with Gasteiger partial charge < -0.3 is 9.88 Å². The zero-order valence-electron chi connectivity index (χ0n) is 12.1. The van der Waals surface area contributed by atoms with Gasteiger partial charge in [0.15, 0.2) is 5.82 Å². The van der Waals surface area contributed by atoms with Gasteiger partial charge in [-0.1, -0.05) is 30.3 Å². The Hall–Kier alpha value is -2.69. The fraction of sp³-hybridized carbons (Fsp3) is 0.188. The molecule has 0 radical (unpaired) electrons. The molecule has 0 spiro atoms. The molecule has 106 valence electrons. The third kappa shape index (κ3) is 2.91. The van der Waals surface area contributed by atoms with Gasteiger partial charge in [-0.3, -0.25) is 0 Å². The first-order valence-corrected chi connectivity index (χ1v) is 6.87. The number of hydrogen-bond donors (Lipinski definition) is 1. The lowest BCUT2D eigenvalue weighted by Gasteiger charge is -2.14. The van der Waals surface area contributed by atoms with E-state index >= 15 is 0 Å². The number of imidazole rings is 1. The Morgan fingerprint density at radius 2 is 1.86 bits per heavy atom. The summed E-state index contributed by atoms with van der Waals surface area (Å²) in [7, 11) is 1.94. The van der Waals surface area contributed by atoms with Crippen LogP contribution >= 0.6 is 0 Å². The molecule has 3 aromatic rings. The molecule has 1 unspecified atom stereocenters. The van der Waals surface area contributed by atoms with E-state index in [1.54, 1.807) is 6.20 Å². The number of nitrogens with one attached hydrogen (secondary N) is 1. The van der Waals surface area contributed by atoms with Gasteiger partial charge in [0.05, 0.1) is 0 Å². The van der Waals surface area contributed by atoms with Gasteiger partial charge in [0.25, 0.3) is 0 Å². The summed E-state index contributed by atoms with van der Waals surface area (Å²) in [6.45, 7) is 2.10. The van der Waals surface area contributed by atoms with Crippen LogP contribution in [0.5, 0.6) is 0 Å². The molecule has 21 heavy (non-hydrogen) atoms. The zero-order valence-corrected chi connectivity index (χ0v) is 12.1. The SMILES string of the molecule is CC(Nc1ccc(-c2nccn2C)nn1)c1ccccc1. The lowest BCUT2D eigenvalue weighted by Crippen LogP contribution is -2.08. The zero-order chi connectivity index (χ0) is 14.7. The molecule has 0 saturated heterocycles. The molecule has 2 heterocycles. The molecule has 2 aromatic heterocycles. The third-order valence-electron chi connectivity index (χ3n) is 3.38. The largest absolute Gasteiger partial charge is 0.362 e. The summed E-state index contributed by atoms with van der Waals surface area (Å²) < 4.78 is 1.92. The normalized spacial score (nSPS) is 12.1. The molecule has 0 aliphatic rings. The number of benzene rings is 1. The van der Waals surface area contributed by atoms with Crippen LogP contribution in [0.2, 0.25) is 0 Å². The number of nitrogens with zero attached hydrogens (tertiary/aromatic N) is 4. The fourth-order valence-corrected chi connectivity index (χ4v) is 2.19. The van der Waals surface area contributed by atoms with Gasteiger partial charge in [0.2, 0.25) is 0 Å². The molecule has 0 bridgehead atoms. The van der Waals surface area contributed by atoms with E-state index in [1.165, 1.54) is 5.56 Å². The molecular formula is C16H17N5. The smallest absolute Gasteiger partial charge is 0.160 e. The minimum absolute atomic E-state index is 0.180. The van der Waals surface area contributed by atoms with Crippen molar-refractivity contribution in [3.8, 4) is 11.5 Å². The van der Waals surface area contributed by atoms with Crippen molar-refractivity contribution in [2.24, 2.45) is 7.05 Å². The molecule has 1 atom stereocenters. The summed E-state index contributed by atoms with van der Waals surface area (Å²) in [6, 6.07) is 14.3. The molecule has 1 aromatic carbocycles. The van der Waals surface area contributed by atoms with Crippen LogP contribution in [0.1, 0.15) is 18.5 Å². The van der Waals surface area contributed by atoms with Gasteiger partial charge in [-0.2, -0.15) is 0 Å². The minimum atomic E-state index is 0.180. The highest BCUT2D eigenvalue weighted by Gasteiger charge is 2.08. The van der Waals surface area contributed by atoms with Crippen molar-refractivity contribution in [3.63, 3.8) is 0 Å². The Balaban J connectivity index is 1.75. The standard InChI is InChI=1S/C16H17N5/c1-12(13-6-4-3-5-7-13)18-15-9-8-14(19-20-15)16-17-10-11-21(16)2/h3-12H,1-2H3,(H,18,20). The Labute approximate surface area is 123 Å². The topological polar surface area (TPSA) is 55.6 Å². The summed E-state index contributed by atoms with van der Waals surface area (Å²) in [5.74, 6) is 1.56. The van der Waals surface area contributed by atoms with Crippen LogP contribution in [0.15, 0.2) is 54.9 Å². The van der Waals surface area contributed by atoms with E-state index in [9.17, 15) is 0 Å². The van der Waals surface area contributed by atoms with E-state index in [-0.39, 0.29) is 6.04 Å². The van der Waals surface area contributed by atoms with Crippen LogP contribution in [-0.4, -0.2) is 19.7 Å². The van der Waals surface area contributed by atoms with Crippen molar-refractivity contribution >= 4 is 5.82 Å². The van der Waals surface area contributed by atoms with Gasteiger partial charge in [-0.15, -0.1) is 10.2 Å². The Kier molecular flexibility index (Phi) is 3.64. The van der Waals surface area contributed by atoms with Crippen molar-refractivity contribution in [3.05, 3.63) is 60.4 Å². The Bertz CT molecular complexity index is 703. The number of hydrogen-bond acceptors (Lipinski definition) is 4. The lowest BCUT2D eigenvalue weighted by atomic mass is 10.1. The Morgan fingerprint density at radius 1 is 1.05 bits per heavy atom. The average molecular weight is 279 g/mol. The van der Waals surface area contributed by atoms with E-state index in [2.05, 4.69) is 39.6 Å². The maximum Gasteiger partial charge on any atom is 0.160 e. The second-order valence-corrected chi connectivity index (χ2v) is 4.94. The predicted molar refractivity (Wildman–Crippen MR) is 82.7 cm³/mol. The molecule has 0 aliphatic heterocycles. The van der Waals surface area contributed by atoms with E-state index in [1.807, 2.05) is 48.1 Å². The van der Waals surface area contributed by atoms with Crippen LogP contribution in [0.25, 0.3) is 11.5 Å². The van der Waals surface area contributed by atoms with E-state index in [0.717, 1.165) is 17.3 Å². The second-order valence-electron chi connectivity index (χ2n) is 4.94. The van der Waals surface area contributed by atoms with Crippen molar-refractivity contribution in [1.29, 1.82) is 0 Å². The number of anilines is 1. The highest BCUT2D eigenvalue weighted by atomic mass is 15.2. The molecule has 0 amide bonds. The average Bonchev–Trinajstić information content (AvgIpc) is 2.95. The first kappa shape index (κ1) is 13.3. The maximum atomic E-state index is 4.26. The molecular weight excluding hydrogens is 262 g/mol. The van der Waals surface area contributed by atoms with Gasteiger partial charge in [-0.05, 0) is 24.6 Å². The first-order valence-electron chi connectivity index (χ1n) is 6.87. The predicted octanol–water partition coefficient (Wildman–Crippen LogP) is 3.05. The van der Waals surface area contributed by atoms with Crippen LogP contribution in [0.4, 0.5) is 5.82 Å². The van der Waals surface area contributed by atoms with Gasteiger partial charge >= 0.3 is 0 Å². The maximum absolute atomic E-state index is 4.26. The third-order valence-corrected chi connectivity index (χ3v) is 3.38. The number of rotatable bonds is 4. The highest BCUT2D eigenvalue weighted by Crippen LogP contribution is 2.19. The molecule has 3 rings (SSSR count). The first-order chi connectivity index (χ1) is 10.2. The van der Waals surface area contributed by atoms with Crippen LogP contribution in [-0.2, 0) is 7.05 Å². The fourth-order valence-electron chi connectivity index (χ4n) is 2.19. The number of aromatic nitrogens is 4. The highest BCUT2D eigenvalue weighted by molar-refractivity contribution is 5.51. The van der Waals surface area contributed by atoms with Crippen molar-refractivity contribution in [1.82, 2.24) is 19.7 Å². The Morgan fingerprint density at radius 3 is 2.48 bits per heavy atom. The molecule has 0 fully saturated rings. The molecule has 0 aliphatic carbocycles. The monoisotopic (exact) mass is 279 g/mol. The summed E-state index contributed by atoms with van der Waals surface area (Å²) >= 11 is 0. The summed E-state index contributed by atoms with van der Waals surface area (Å²) in [5, 5.41) is 11.8. The van der Waals surface area contributed by atoms with Gasteiger partial charge in [-0.25, -0.2) is 4.98 Å². The van der Waals surface area contributed by atoms with Gasteiger partial charge in [0, 0.05) is 25.5 Å². The van der Waals surface area contributed by atoms with Gasteiger partial charge in [0.1, 0.15) is 11.5 Å². The van der Waals surface area contributed by atoms with Crippen molar-refractivity contribution in [2.45, 2.75) is 13.0 Å². The molecule has 5 heteroatoms. The van der Waals surface area contributed by atoms with E-state index in [0.29, 0.717) is 0 Å². The quantitative estimate of drug-likeness (QED) is 0.797. The van der Waals surface area contributed by atoms with Crippen molar-refractivity contribution < 1.29 is 0 Å². The van der Waals surface area contributed by atoms with Crippen molar-refractivity contribution in [2.75, 3.05) is 5.32 Å². The lowest BCUT2D eigenvalue weighted by molar-refractivity contribution is 0.856. The molecule has 0 saturated carbocycles. The van der Waals surface area contributed by atoms with E-state index < -0.39 is 0 Å². The van der Waals surface area contributed by atoms with Crippen LogP contribution < -0.4 is 5.32 Å². The second kappa shape index (κ2) is 5.75. The summed E-state index contributed by atoms with van der Waals surface area (Å²) in [5.41, 5.74) is 1.98. The molecule has 5 nitrogen and oxygen atoms in total. The minimum Gasteiger partial charge on any atom is -0.362 e. The van der Waals surface area contributed by atoms with Crippen LogP contribution in [0, 0.1) is 0 Å². The molecule has 1 N–H and O–H groups in total. The van der Waals surface area contributed by atoms with E-state index in [4.69, 9.17) is 0 Å². The summed E-state index contributed by atoms with van der Waals surface area (Å²) in [4.78, 5) is 4.26. The number of aryl methyl sites for hydroxylation is 1. The van der Waals surface area contributed by atoms with Crippen LogP contribution in [0.3, 0.4) is 0 Å².